The molecule has 260 valence electrons. The Morgan fingerprint density at radius 1 is 0.455 bits per heavy atom. The van der Waals surface area contributed by atoms with Gasteiger partial charge in [0.2, 0.25) is 6.71 Å². The van der Waals surface area contributed by atoms with Crippen molar-refractivity contribution >= 4 is 92.5 Å². The summed E-state index contributed by atoms with van der Waals surface area (Å²) in [6.45, 7) is 4.75. The molecule has 0 aliphatic carbocycles. The topological polar surface area (TPSA) is 3.24 Å². The fourth-order valence-corrected chi connectivity index (χ4v) is 17.5. The Hall–Kier alpha value is -5.46. The van der Waals surface area contributed by atoms with Gasteiger partial charge < -0.3 is 4.90 Å². The van der Waals surface area contributed by atoms with Crippen molar-refractivity contribution in [3.63, 3.8) is 0 Å². The first-order valence-corrected chi connectivity index (χ1v) is 22.7. The first-order chi connectivity index (χ1) is 27.1. The summed E-state index contributed by atoms with van der Waals surface area (Å²) in [6.07, 6.45) is 0. The first kappa shape index (κ1) is 32.9. The summed E-state index contributed by atoms with van der Waals surface area (Å²) < 4.78 is 0. The first-order valence-electron chi connectivity index (χ1n) is 19.0. The van der Waals surface area contributed by atoms with Crippen LogP contribution in [0.4, 0.5) is 17.1 Å². The zero-order chi connectivity index (χ0) is 36.7. The third-order valence-electron chi connectivity index (χ3n) is 11.8. The Balaban J connectivity index is 1.22. The minimum Gasteiger partial charge on any atom is -0.311 e. The molecule has 0 spiro atoms. The third-order valence-corrected chi connectivity index (χ3v) is 18.9. The molecule has 0 amide bonds. The van der Waals surface area contributed by atoms with E-state index in [9.17, 15) is 0 Å². The lowest BCUT2D eigenvalue weighted by Gasteiger charge is -2.46. The average Bonchev–Trinajstić information content (AvgIpc) is 3.23. The van der Waals surface area contributed by atoms with E-state index < -0.39 is 8.07 Å². The summed E-state index contributed by atoms with van der Waals surface area (Å²) in [4.78, 5) is 8.00. The molecule has 11 rings (SSSR count). The number of aryl methyl sites for hydroxylation is 2. The van der Waals surface area contributed by atoms with Crippen LogP contribution < -0.4 is 42.0 Å². The number of benzene rings is 8. The van der Waals surface area contributed by atoms with Gasteiger partial charge in [0, 0.05) is 36.6 Å². The predicted molar refractivity (Wildman–Crippen MR) is 239 cm³/mol. The largest absolute Gasteiger partial charge is 0.311 e. The van der Waals surface area contributed by atoms with Crippen molar-refractivity contribution in [1.29, 1.82) is 0 Å². The number of hydrogen-bond donors (Lipinski definition) is 0. The smallest absolute Gasteiger partial charge is 0.247 e. The predicted octanol–water partition coefficient (Wildman–Crippen LogP) is 8.58. The van der Waals surface area contributed by atoms with E-state index in [4.69, 9.17) is 0 Å². The van der Waals surface area contributed by atoms with Gasteiger partial charge in [-0.2, -0.15) is 0 Å². The summed E-state index contributed by atoms with van der Waals surface area (Å²) in [5, 5.41) is 5.69. The highest BCUT2D eigenvalue weighted by molar-refractivity contribution is 8.01. The van der Waals surface area contributed by atoms with Crippen LogP contribution in [-0.4, -0.2) is 14.8 Å². The molecule has 0 atom stereocenters. The number of fused-ring (bicyclic) bond motifs is 6. The van der Waals surface area contributed by atoms with E-state index in [1.54, 1.807) is 0 Å². The van der Waals surface area contributed by atoms with Gasteiger partial charge >= 0.3 is 0 Å². The van der Waals surface area contributed by atoms with Crippen LogP contribution in [0.25, 0.3) is 11.1 Å². The van der Waals surface area contributed by atoms with Crippen molar-refractivity contribution < 1.29 is 0 Å². The minimum absolute atomic E-state index is 0.229. The highest BCUT2D eigenvalue weighted by Gasteiger charge is 2.50. The monoisotopic (exact) mass is 753 g/mol. The Kier molecular flexibility index (Phi) is 7.67. The molecule has 3 aliphatic rings. The quantitative estimate of drug-likeness (QED) is 0.166. The molecule has 1 nitrogen and oxygen atoms in total. The van der Waals surface area contributed by atoms with Crippen molar-refractivity contribution in [3.05, 3.63) is 193 Å². The SMILES string of the molecule is Cc1ccc2c(c1)[Si](c1ccccc1)(c1ccccc1-c1ccccc1)c1cc(C)ccc1N2c1cc2c3c(c1)Sc1ccccc1B3c1ccccc1S2. The van der Waals surface area contributed by atoms with E-state index in [0.29, 0.717) is 0 Å². The molecule has 55 heavy (non-hydrogen) atoms. The lowest BCUT2D eigenvalue weighted by atomic mass is 9.36. The maximum Gasteiger partial charge on any atom is 0.247 e. The van der Waals surface area contributed by atoms with Crippen LogP contribution in [-0.2, 0) is 0 Å². The zero-order valence-electron chi connectivity index (χ0n) is 30.7. The maximum absolute atomic E-state index is 2.94. The van der Waals surface area contributed by atoms with Crippen molar-refractivity contribution in [3.8, 4) is 11.1 Å². The van der Waals surface area contributed by atoms with Crippen molar-refractivity contribution in [2.24, 2.45) is 0 Å². The van der Waals surface area contributed by atoms with Gasteiger partial charge in [-0.15, -0.1) is 0 Å². The molecule has 0 bridgehead atoms. The van der Waals surface area contributed by atoms with Gasteiger partial charge in [0.25, 0.3) is 0 Å². The summed E-state index contributed by atoms with van der Waals surface area (Å²) >= 11 is 3.86. The lowest BCUT2D eigenvalue weighted by Crippen LogP contribution is -2.77. The van der Waals surface area contributed by atoms with Crippen LogP contribution in [0.3, 0.4) is 0 Å². The molecular formula is C50H36BNS2Si. The summed E-state index contributed by atoms with van der Waals surface area (Å²) in [5.41, 5.74) is 13.2. The minimum atomic E-state index is -2.94. The zero-order valence-corrected chi connectivity index (χ0v) is 33.3. The van der Waals surface area contributed by atoms with Gasteiger partial charge in [-0.3, -0.25) is 0 Å². The maximum atomic E-state index is 2.59. The molecule has 3 heterocycles. The second kappa shape index (κ2) is 12.8. The number of hydrogen-bond acceptors (Lipinski definition) is 3. The Morgan fingerprint density at radius 2 is 0.964 bits per heavy atom. The van der Waals surface area contributed by atoms with Crippen LogP contribution in [0.2, 0.25) is 0 Å². The van der Waals surface area contributed by atoms with E-state index in [-0.39, 0.29) is 6.71 Å². The molecule has 8 aromatic carbocycles. The second-order valence-electron chi connectivity index (χ2n) is 15.0. The van der Waals surface area contributed by atoms with E-state index in [1.165, 1.54) is 96.0 Å². The lowest BCUT2D eigenvalue weighted by molar-refractivity contribution is 1.23. The van der Waals surface area contributed by atoms with Gasteiger partial charge in [-0.1, -0.05) is 191 Å². The van der Waals surface area contributed by atoms with Crippen LogP contribution in [0.1, 0.15) is 11.1 Å². The van der Waals surface area contributed by atoms with Gasteiger partial charge in [0.05, 0.1) is 0 Å². The van der Waals surface area contributed by atoms with Gasteiger partial charge in [0.15, 0.2) is 8.07 Å². The van der Waals surface area contributed by atoms with Crippen molar-refractivity contribution in [1.82, 2.24) is 0 Å². The van der Waals surface area contributed by atoms with E-state index in [1.807, 2.05) is 23.5 Å². The molecule has 0 unspecified atom stereocenters. The summed E-state index contributed by atoms with van der Waals surface area (Å²) in [5.74, 6) is 0. The standard InChI is InChI=1S/C50H36BNS2Si/c1-33-25-27-41-48(29-33)55(37-17-7-4-8-18-37,47-24-14-9-19-38(47)35-15-5-3-6-16-35)49-30-34(2)26-28-42(49)52(41)36-31-45-50-46(32-36)54-44-23-13-11-21-40(44)51(50)39-20-10-12-22-43(39)53-45/h3-32H,1-2H3. The second-order valence-corrected chi connectivity index (χ2v) is 20.8. The molecule has 0 saturated carbocycles. The molecule has 0 radical (unpaired) electrons. The van der Waals surface area contributed by atoms with Crippen molar-refractivity contribution in [2.45, 2.75) is 33.4 Å². The number of rotatable bonds is 4. The Morgan fingerprint density at radius 3 is 1.56 bits per heavy atom. The summed E-state index contributed by atoms with van der Waals surface area (Å²) in [7, 11) is -2.94. The normalized spacial score (nSPS) is 14.3. The fourth-order valence-electron chi connectivity index (χ4n) is 9.48. The number of nitrogens with zero attached hydrogens (tertiary/aromatic N) is 1. The van der Waals surface area contributed by atoms with Crippen LogP contribution in [0, 0.1) is 13.8 Å². The highest BCUT2D eigenvalue weighted by atomic mass is 32.2. The highest BCUT2D eigenvalue weighted by Crippen LogP contribution is 2.45. The van der Waals surface area contributed by atoms with Crippen LogP contribution in [0.15, 0.2) is 202 Å². The molecular weight excluding hydrogens is 718 g/mol. The fraction of sp³-hybridized carbons (Fsp3) is 0.0400. The molecule has 0 N–H and O–H groups in total. The summed E-state index contributed by atoms with van der Waals surface area (Å²) in [6, 6.07) is 69.2. The molecule has 8 aromatic rings. The van der Waals surface area contributed by atoms with Gasteiger partial charge in [-0.25, -0.2) is 0 Å². The van der Waals surface area contributed by atoms with Crippen molar-refractivity contribution in [2.75, 3.05) is 4.90 Å². The van der Waals surface area contributed by atoms with Gasteiger partial charge in [0.1, 0.15) is 0 Å². The average molecular weight is 754 g/mol. The molecule has 0 aromatic heterocycles. The van der Waals surface area contributed by atoms with E-state index in [2.05, 4.69) is 201 Å². The van der Waals surface area contributed by atoms with E-state index in [0.717, 1.165) is 0 Å². The van der Waals surface area contributed by atoms with Crippen LogP contribution in [0.5, 0.6) is 0 Å². The van der Waals surface area contributed by atoms with Crippen LogP contribution >= 0.6 is 23.5 Å². The molecule has 3 aliphatic heterocycles. The molecule has 0 fully saturated rings. The van der Waals surface area contributed by atoms with Gasteiger partial charge in [-0.05, 0) is 87.6 Å². The Labute approximate surface area is 333 Å². The third kappa shape index (κ3) is 4.96. The van der Waals surface area contributed by atoms with E-state index >= 15 is 0 Å². The molecule has 0 saturated heterocycles. The Bertz CT molecular complexity index is 2700. The molecule has 5 heteroatoms. The number of anilines is 3.